The SMILES string of the molecule is N#Cc1ccc(Nc2nc(Cl)ncc2N)c(Cl)c1. The van der Waals surface area contributed by atoms with Gasteiger partial charge in [0.05, 0.1) is 34.2 Å². The lowest BCUT2D eigenvalue weighted by Crippen LogP contribution is -2.01. The van der Waals surface area contributed by atoms with Gasteiger partial charge in [-0.2, -0.15) is 10.2 Å². The van der Waals surface area contributed by atoms with Gasteiger partial charge in [0.2, 0.25) is 5.28 Å². The van der Waals surface area contributed by atoms with Crippen molar-refractivity contribution in [1.29, 1.82) is 5.26 Å². The summed E-state index contributed by atoms with van der Waals surface area (Å²) in [7, 11) is 0. The number of nitrogens with zero attached hydrogens (tertiary/aromatic N) is 3. The van der Waals surface area contributed by atoms with Gasteiger partial charge in [-0.15, -0.1) is 0 Å². The second kappa shape index (κ2) is 5.08. The normalized spacial score (nSPS) is 9.83. The molecule has 1 aromatic heterocycles. The summed E-state index contributed by atoms with van der Waals surface area (Å²) < 4.78 is 0. The van der Waals surface area contributed by atoms with E-state index in [9.17, 15) is 0 Å². The van der Waals surface area contributed by atoms with Gasteiger partial charge in [-0.3, -0.25) is 0 Å². The lowest BCUT2D eigenvalue weighted by Gasteiger charge is -2.09. The quantitative estimate of drug-likeness (QED) is 0.825. The monoisotopic (exact) mass is 279 g/mol. The molecule has 18 heavy (non-hydrogen) atoms. The molecular formula is C11H7Cl2N5. The Morgan fingerprint density at radius 1 is 1.33 bits per heavy atom. The molecule has 0 aliphatic carbocycles. The minimum absolute atomic E-state index is 0.0801. The Kier molecular flexibility index (Phi) is 3.51. The Hall–Kier alpha value is -2.03. The highest BCUT2D eigenvalue weighted by molar-refractivity contribution is 6.33. The maximum absolute atomic E-state index is 8.74. The van der Waals surface area contributed by atoms with Crippen LogP contribution >= 0.6 is 23.2 Å². The highest BCUT2D eigenvalue weighted by atomic mass is 35.5. The molecule has 0 spiro atoms. The zero-order valence-corrected chi connectivity index (χ0v) is 10.5. The maximum atomic E-state index is 8.74. The van der Waals surface area contributed by atoms with E-state index >= 15 is 0 Å². The fraction of sp³-hybridized carbons (Fsp3) is 0. The number of nitrogens with two attached hydrogens (primary N) is 1. The van der Waals surface area contributed by atoms with Crippen molar-refractivity contribution in [1.82, 2.24) is 9.97 Å². The van der Waals surface area contributed by atoms with Crippen LogP contribution in [0.25, 0.3) is 0 Å². The van der Waals surface area contributed by atoms with Gasteiger partial charge in [-0.1, -0.05) is 11.6 Å². The van der Waals surface area contributed by atoms with Gasteiger partial charge in [-0.05, 0) is 29.8 Å². The number of anilines is 3. The van der Waals surface area contributed by atoms with Gasteiger partial charge >= 0.3 is 0 Å². The third kappa shape index (κ3) is 2.62. The van der Waals surface area contributed by atoms with Crippen molar-refractivity contribution in [3.8, 4) is 6.07 Å². The molecule has 5 nitrogen and oxygen atoms in total. The van der Waals surface area contributed by atoms with Crippen LogP contribution in [0.1, 0.15) is 5.56 Å². The molecule has 3 N–H and O–H groups in total. The van der Waals surface area contributed by atoms with E-state index < -0.39 is 0 Å². The summed E-state index contributed by atoms with van der Waals surface area (Å²) >= 11 is 11.7. The second-order valence-corrected chi connectivity index (χ2v) is 4.12. The molecule has 0 aliphatic heterocycles. The smallest absolute Gasteiger partial charge is 0.224 e. The molecule has 0 fully saturated rings. The van der Waals surface area contributed by atoms with Gasteiger partial charge in [0.15, 0.2) is 5.82 Å². The first-order valence-electron chi connectivity index (χ1n) is 4.85. The lowest BCUT2D eigenvalue weighted by atomic mass is 10.2. The van der Waals surface area contributed by atoms with E-state index in [1.54, 1.807) is 18.2 Å². The third-order valence-electron chi connectivity index (χ3n) is 2.14. The van der Waals surface area contributed by atoms with E-state index in [2.05, 4.69) is 15.3 Å². The number of hydrogen-bond acceptors (Lipinski definition) is 5. The van der Waals surface area contributed by atoms with Gasteiger partial charge < -0.3 is 11.1 Å². The Bertz CT molecular complexity index is 636. The van der Waals surface area contributed by atoms with Crippen LogP contribution in [-0.2, 0) is 0 Å². The number of nitrogens with one attached hydrogen (secondary N) is 1. The van der Waals surface area contributed by atoms with Crippen molar-refractivity contribution in [2.45, 2.75) is 0 Å². The van der Waals surface area contributed by atoms with E-state index in [0.717, 1.165) is 0 Å². The summed E-state index contributed by atoms with van der Waals surface area (Å²) in [4.78, 5) is 7.69. The van der Waals surface area contributed by atoms with E-state index in [0.29, 0.717) is 27.8 Å². The van der Waals surface area contributed by atoms with Crippen LogP contribution in [0.4, 0.5) is 17.2 Å². The van der Waals surface area contributed by atoms with Crippen LogP contribution in [0.2, 0.25) is 10.3 Å². The first-order valence-corrected chi connectivity index (χ1v) is 5.60. The van der Waals surface area contributed by atoms with Crippen molar-refractivity contribution in [3.05, 3.63) is 40.3 Å². The number of benzene rings is 1. The van der Waals surface area contributed by atoms with Crippen LogP contribution in [0.15, 0.2) is 24.4 Å². The first kappa shape index (κ1) is 12.4. The Morgan fingerprint density at radius 2 is 2.11 bits per heavy atom. The fourth-order valence-electron chi connectivity index (χ4n) is 1.28. The highest BCUT2D eigenvalue weighted by Gasteiger charge is 2.07. The zero-order chi connectivity index (χ0) is 13.1. The molecule has 2 rings (SSSR count). The molecule has 0 aliphatic rings. The molecule has 1 heterocycles. The van der Waals surface area contributed by atoms with Crippen LogP contribution in [0.3, 0.4) is 0 Å². The molecule has 0 atom stereocenters. The topological polar surface area (TPSA) is 87.6 Å². The number of nitrogen functional groups attached to an aromatic ring is 1. The minimum Gasteiger partial charge on any atom is -0.394 e. The van der Waals surface area contributed by atoms with Crippen molar-refractivity contribution in [2.24, 2.45) is 0 Å². The molecule has 2 aromatic rings. The minimum atomic E-state index is 0.0801. The molecule has 7 heteroatoms. The van der Waals surface area contributed by atoms with Crippen molar-refractivity contribution in [3.63, 3.8) is 0 Å². The van der Waals surface area contributed by atoms with E-state index in [4.69, 9.17) is 34.2 Å². The van der Waals surface area contributed by atoms with E-state index in [-0.39, 0.29) is 5.28 Å². The maximum Gasteiger partial charge on any atom is 0.224 e. The standard InChI is InChI=1S/C11H7Cl2N5/c12-7-3-6(4-14)1-2-9(7)17-10-8(15)5-16-11(13)18-10/h1-3,5H,15H2,(H,16,17,18). The number of rotatable bonds is 2. The average molecular weight is 280 g/mol. The molecule has 0 bridgehead atoms. The Labute approximate surface area is 113 Å². The molecule has 0 saturated heterocycles. The van der Waals surface area contributed by atoms with Gasteiger partial charge in [0, 0.05) is 0 Å². The molecule has 0 amide bonds. The van der Waals surface area contributed by atoms with E-state index in [1.165, 1.54) is 6.20 Å². The average Bonchev–Trinajstić information content (AvgIpc) is 2.36. The van der Waals surface area contributed by atoms with Gasteiger partial charge in [-0.25, -0.2) is 4.98 Å². The summed E-state index contributed by atoms with van der Waals surface area (Å²) in [6.45, 7) is 0. The van der Waals surface area contributed by atoms with E-state index in [1.807, 2.05) is 6.07 Å². The third-order valence-corrected chi connectivity index (χ3v) is 2.63. The van der Waals surface area contributed by atoms with Gasteiger partial charge in [0.25, 0.3) is 0 Å². The largest absolute Gasteiger partial charge is 0.394 e. The molecule has 0 saturated carbocycles. The Morgan fingerprint density at radius 3 is 2.78 bits per heavy atom. The number of halogens is 2. The van der Waals surface area contributed by atoms with Crippen molar-refractivity contribution >= 4 is 40.4 Å². The fourth-order valence-corrected chi connectivity index (χ4v) is 1.64. The molecular weight excluding hydrogens is 273 g/mol. The summed E-state index contributed by atoms with van der Waals surface area (Å²) in [6, 6.07) is 6.84. The molecule has 90 valence electrons. The summed E-state index contributed by atoms with van der Waals surface area (Å²) in [5, 5.41) is 12.1. The highest BCUT2D eigenvalue weighted by Crippen LogP contribution is 2.28. The lowest BCUT2D eigenvalue weighted by molar-refractivity contribution is 1.17. The van der Waals surface area contributed by atoms with Crippen LogP contribution in [0.5, 0.6) is 0 Å². The Balaban J connectivity index is 2.34. The summed E-state index contributed by atoms with van der Waals surface area (Å²) in [5.41, 5.74) is 7.10. The predicted octanol–water partition coefficient (Wildman–Crippen LogP) is 2.98. The number of aromatic nitrogens is 2. The van der Waals surface area contributed by atoms with Crippen LogP contribution < -0.4 is 11.1 Å². The van der Waals surface area contributed by atoms with Crippen molar-refractivity contribution < 1.29 is 0 Å². The second-order valence-electron chi connectivity index (χ2n) is 3.37. The zero-order valence-electron chi connectivity index (χ0n) is 8.98. The summed E-state index contributed by atoms with van der Waals surface area (Å²) in [6.07, 6.45) is 1.40. The molecule has 0 radical (unpaired) electrons. The first-order chi connectivity index (χ1) is 8.60. The van der Waals surface area contributed by atoms with Crippen LogP contribution in [0, 0.1) is 11.3 Å². The van der Waals surface area contributed by atoms with Crippen LogP contribution in [-0.4, -0.2) is 9.97 Å². The predicted molar refractivity (Wildman–Crippen MR) is 70.9 cm³/mol. The molecule has 0 unspecified atom stereocenters. The molecule has 1 aromatic carbocycles. The van der Waals surface area contributed by atoms with Gasteiger partial charge in [0.1, 0.15) is 0 Å². The number of hydrogen-bond donors (Lipinski definition) is 2. The summed E-state index contributed by atoms with van der Waals surface area (Å²) in [5.74, 6) is 0.363. The number of nitriles is 1. The van der Waals surface area contributed by atoms with Crippen molar-refractivity contribution in [2.75, 3.05) is 11.1 Å².